The van der Waals surface area contributed by atoms with Crippen LogP contribution in [0, 0.1) is 0 Å². The number of hydrogen-bond acceptors (Lipinski definition) is 5. The van der Waals surface area contributed by atoms with E-state index in [1.807, 2.05) is 5.38 Å². The molecule has 2 aromatic rings. The highest BCUT2D eigenvalue weighted by Crippen LogP contribution is 2.20. The van der Waals surface area contributed by atoms with Crippen molar-refractivity contribution in [3.8, 4) is 0 Å². The van der Waals surface area contributed by atoms with Crippen LogP contribution in [-0.2, 0) is 13.0 Å². The summed E-state index contributed by atoms with van der Waals surface area (Å²) in [5.74, 6) is 1.03. The summed E-state index contributed by atoms with van der Waals surface area (Å²) in [5.41, 5.74) is 1.28. The van der Waals surface area contributed by atoms with Gasteiger partial charge in [-0.2, -0.15) is 0 Å². The molecule has 0 aromatic carbocycles. The average Bonchev–Trinajstić information content (AvgIpc) is 3.07. The fourth-order valence-electron chi connectivity index (χ4n) is 1.95. The normalized spacial score (nSPS) is 11.1. The van der Waals surface area contributed by atoms with Gasteiger partial charge in [-0.25, -0.2) is 4.98 Å². The van der Waals surface area contributed by atoms with Gasteiger partial charge in [-0.3, -0.25) is 4.79 Å². The van der Waals surface area contributed by atoms with Gasteiger partial charge in [-0.1, -0.05) is 25.9 Å². The highest BCUT2D eigenvalue weighted by atomic mass is 32.1. The van der Waals surface area contributed by atoms with Crippen molar-refractivity contribution in [2.45, 2.75) is 46.1 Å². The molecule has 0 spiro atoms. The first-order chi connectivity index (χ1) is 10.0. The summed E-state index contributed by atoms with van der Waals surface area (Å²) in [7, 11) is 1.75. The molecule has 0 bridgehead atoms. The molecule has 0 N–H and O–H groups in total. The minimum Gasteiger partial charge on any atom is -0.361 e. The summed E-state index contributed by atoms with van der Waals surface area (Å²) >= 11 is 1.63. The van der Waals surface area contributed by atoms with E-state index in [9.17, 15) is 4.79 Å². The predicted octanol–water partition coefficient (Wildman–Crippen LogP) is 3.48. The number of rotatable bonds is 6. The van der Waals surface area contributed by atoms with Crippen LogP contribution in [0.3, 0.4) is 0 Å². The Kier molecular flexibility index (Phi) is 5.12. The maximum atomic E-state index is 12.3. The van der Waals surface area contributed by atoms with E-state index in [0.717, 1.165) is 29.3 Å². The van der Waals surface area contributed by atoms with E-state index in [-0.39, 0.29) is 5.91 Å². The molecule has 1 amide bonds. The van der Waals surface area contributed by atoms with Gasteiger partial charge in [0, 0.05) is 30.8 Å². The SMILES string of the molecule is CCCc1cc(C(=O)N(C)Cc2csc(C(C)C)n2)no1. The third kappa shape index (κ3) is 3.91. The van der Waals surface area contributed by atoms with Crippen molar-refractivity contribution in [3.63, 3.8) is 0 Å². The standard InChI is InChI=1S/C15H21N3O2S/c1-5-6-12-7-13(17-20-12)15(19)18(4)8-11-9-21-14(16-11)10(2)3/h7,9-10H,5-6,8H2,1-4H3. The summed E-state index contributed by atoms with van der Waals surface area (Å²) in [4.78, 5) is 18.4. The van der Waals surface area contributed by atoms with E-state index in [1.54, 1.807) is 29.4 Å². The third-order valence-corrected chi connectivity index (χ3v) is 4.28. The van der Waals surface area contributed by atoms with Crippen LogP contribution >= 0.6 is 11.3 Å². The Balaban J connectivity index is 2.00. The molecular formula is C15H21N3O2S. The van der Waals surface area contributed by atoms with Crippen molar-refractivity contribution < 1.29 is 9.32 Å². The fraction of sp³-hybridized carbons (Fsp3) is 0.533. The molecule has 0 aliphatic rings. The molecule has 114 valence electrons. The zero-order valence-electron chi connectivity index (χ0n) is 12.9. The van der Waals surface area contributed by atoms with Gasteiger partial charge in [-0.15, -0.1) is 11.3 Å². The van der Waals surface area contributed by atoms with Crippen molar-refractivity contribution in [1.29, 1.82) is 0 Å². The lowest BCUT2D eigenvalue weighted by Crippen LogP contribution is -2.26. The molecule has 5 nitrogen and oxygen atoms in total. The van der Waals surface area contributed by atoms with Gasteiger partial charge in [0.25, 0.3) is 5.91 Å². The van der Waals surface area contributed by atoms with Crippen molar-refractivity contribution in [2.24, 2.45) is 0 Å². The molecule has 2 heterocycles. The first-order valence-corrected chi connectivity index (χ1v) is 8.04. The van der Waals surface area contributed by atoms with E-state index in [1.165, 1.54) is 0 Å². The van der Waals surface area contributed by atoms with E-state index < -0.39 is 0 Å². The van der Waals surface area contributed by atoms with Gasteiger partial charge in [0.05, 0.1) is 17.2 Å². The number of nitrogens with zero attached hydrogens (tertiary/aromatic N) is 3. The Morgan fingerprint density at radius 2 is 2.24 bits per heavy atom. The number of carbonyl (C=O) groups is 1. The number of carbonyl (C=O) groups excluding carboxylic acids is 1. The minimum atomic E-state index is -0.139. The Bertz CT molecular complexity index is 604. The van der Waals surface area contributed by atoms with Crippen LogP contribution in [0.5, 0.6) is 0 Å². The topological polar surface area (TPSA) is 59.2 Å². The van der Waals surface area contributed by atoms with Crippen LogP contribution in [0.1, 0.15) is 60.1 Å². The second kappa shape index (κ2) is 6.85. The highest BCUT2D eigenvalue weighted by Gasteiger charge is 2.18. The van der Waals surface area contributed by atoms with Crippen LogP contribution in [-0.4, -0.2) is 28.0 Å². The zero-order valence-corrected chi connectivity index (χ0v) is 13.7. The van der Waals surface area contributed by atoms with Crippen LogP contribution in [0.4, 0.5) is 0 Å². The number of thiazole rings is 1. The lowest BCUT2D eigenvalue weighted by molar-refractivity contribution is 0.0773. The third-order valence-electron chi connectivity index (χ3n) is 3.08. The molecule has 0 radical (unpaired) electrons. The van der Waals surface area contributed by atoms with Crippen molar-refractivity contribution >= 4 is 17.2 Å². The molecule has 0 aliphatic heterocycles. The molecular weight excluding hydrogens is 286 g/mol. The molecule has 0 unspecified atom stereocenters. The van der Waals surface area contributed by atoms with Crippen molar-refractivity contribution in [1.82, 2.24) is 15.0 Å². The molecule has 0 fully saturated rings. The maximum absolute atomic E-state index is 12.3. The highest BCUT2D eigenvalue weighted by molar-refractivity contribution is 7.09. The first-order valence-electron chi connectivity index (χ1n) is 7.16. The van der Waals surface area contributed by atoms with Crippen LogP contribution in [0.25, 0.3) is 0 Å². The summed E-state index contributed by atoms with van der Waals surface area (Å²) < 4.78 is 5.15. The molecule has 0 saturated carbocycles. The van der Waals surface area contributed by atoms with Crippen LogP contribution in [0.15, 0.2) is 16.0 Å². The monoisotopic (exact) mass is 307 g/mol. The Labute approximate surface area is 129 Å². The van der Waals surface area contributed by atoms with Gasteiger partial charge in [-0.05, 0) is 6.42 Å². The van der Waals surface area contributed by atoms with E-state index in [2.05, 4.69) is 30.9 Å². The summed E-state index contributed by atoms with van der Waals surface area (Å²) in [5, 5.41) is 6.95. The van der Waals surface area contributed by atoms with Gasteiger partial charge in [0.15, 0.2) is 5.69 Å². The molecule has 0 aliphatic carbocycles. The molecule has 6 heteroatoms. The Hall–Kier alpha value is -1.69. The maximum Gasteiger partial charge on any atom is 0.276 e. The molecule has 0 atom stereocenters. The summed E-state index contributed by atoms with van der Waals surface area (Å²) in [6.45, 7) is 6.77. The van der Waals surface area contributed by atoms with Crippen LogP contribution in [0.2, 0.25) is 0 Å². The Morgan fingerprint density at radius 1 is 1.48 bits per heavy atom. The van der Waals surface area contributed by atoms with Gasteiger partial charge < -0.3 is 9.42 Å². The van der Waals surface area contributed by atoms with Crippen LogP contribution < -0.4 is 0 Å². The molecule has 2 rings (SSSR count). The summed E-state index contributed by atoms with van der Waals surface area (Å²) in [6, 6.07) is 1.73. The van der Waals surface area contributed by atoms with E-state index in [4.69, 9.17) is 4.52 Å². The number of hydrogen-bond donors (Lipinski definition) is 0. The molecule has 0 saturated heterocycles. The van der Waals surface area contributed by atoms with E-state index >= 15 is 0 Å². The van der Waals surface area contributed by atoms with Gasteiger partial charge >= 0.3 is 0 Å². The lowest BCUT2D eigenvalue weighted by Gasteiger charge is -2.13. The second-order valence-corrected chi connectivity index (χ2v) is 6.31. The minimum absolute atomic E-state index is 0.139. The number of amides is 1. The second-order valence-electron chi connectivity index (χ2n) is 5.42. The first kappa shape index (κ1) is 15.7. The lowest BCUT2D eigenvalue weighted by atomic mass is 10.2. The van der Waals surface area contributed by atoms with E-state index in [0.29, 0.717) is 18.2 Å². The Morgan fingerprint density at radius 3 is 2.86 bits per heavy atom. The quantitative estimate of drug-likeness (QED) is 0.820. The number of aromatic nitrogens is 2. The predicted molar refractivity (Wildman–Crippen MR) is 82.5 cm³/mol. The van der Waals surface area contributed by atoms with Gasteiger partial charge in [0.2, 0.25) is 0 Å². The summed E-state index contributed by atoms with van der Waals surface area (Å²) in [6.07, 6.45) is 1.77. The fourth-order valence-corrected chi connectivity index (χ4v) is 2.77. The number of aryl methyl sites for hydroxylation is 1. The van der Waals surface area contributed by atoms with Crippen molar-refractivity contribution in [2.75, 3.05) is 7.05 Å². The zero-order chi connectivity index (χ0) is 15.4. The molecule has 2 aromatic heterocycles. The average molecular weight is 307 g/mol. The molecule has 21 heavy (non-hydrogen) atoms. The smallest absolute Gasteiger partial charge is 0.276 e. The largest absolute Gasteiger partial charge is 0.361 e. The van der Waals surface area contributed by atoms with Crippen molar-refractivity contribution in [3.05, 3.63) is 33.6 Å². The van der Waals surface area contributed by atoms with Gasteiger partial charge in [0.1, 0.15) is 5.76 Å².